The summed E-state index contributed by atoms with van der Waals surface area (Å²) in [4.78, 5) is 11.7. The second-order valence-corrected chi connectivity index (χ2v) is 4.87. The molecule has 14 heavy (non-hydrogen) atoms. The lowest BCUT2D eigenvalue weighted by atomic mass is 9.76. The number of rotatable bonds is 2. The molecule has 1 aliphatic carbocycles. The van der Waals surface area contributed by atoms with Gasteiger partial charge in [0.2, 0.25) is 0 Å². The van der Waals surface area contributed by atoms with Gasteiger partial charge in [0.1, 0.15) is 5.60 Å². The van der Waals surface area contributed by atoms with Crippen molar-refractivity contribution in [2.75, 3.05) is 7.11 Å². The van der Waals surface area contributed by atoms with E-state index in [9.17, 15) is 4.79 Å². The van der Waals surface area contributed by atoms with Crippen LogP contribution in [0.2, 0.25) is 0 Å². The molecule has 0 saturated heterocycles. The topological polar surface area (TPSA) is 61.5 Å². The summed E-state index contributed by atoms with van der Waals surface area (Å²) in [6, 6.07) is 0.0578. The monoisotopic (exact) mass is 201 g/mol. The van der Waals surface area contributed by atoms with Gasteiger partial charge in [-0.1, -0.05) is 0 Å². The average Bonchev–Trinajstić information content (AvgIpc) is 1.94. The Bertz CT molecular complexity index is 226. The molecule has 0 aromatic heterocycles. The summed E-state index contributed by atoms with van der Waals surface area (Å²) < 4.78 is 10.5. The van der Waals surface area contributed by atoms with Crippen molar-refractivity contribution >= 4 is 5.97 Å². The van der Waals surface area contributed by atoms with Crippen molar-refractivity contribution in [3.8, 4) is 0 Å². The van der Waals surface area contributed by atoms with E-state index in [-0.39, 0.29) is 12.0 Å². The minimum Gasteiger partial charge on any atom is -0.458 e. The molecule has 4 nitrogen and oxygen atoms in total. The van der Waals surface area contributed by atoms with Gasteiger partial charge in [0.05, 0.1) is 0 Å². The van der Waals surface area contributed by atoms with Crippen molar-refractivity contribution < 1.29 is 14.3 Å². The number of carbonyl (C=O) groups excluding carboxylic acids is 1. The van der Waals surface area contributed by atoms with Gasteiger partial charge in [-0.25, -0.2) is 4.79 Å². The molecule has 0 spiro atoms. The van der Waals surface area contributed by atoms with Crippen LogP contribution in [0.3, 0.4) is 0 Å². The quantitative estimate of drug-likeness (QED) is 0.672. The van der Waals surface area contributed by atoms with E-state index in [1.54, 1.807) is 0 Å². The maximum atomic E-state index is 11.7. The zero-order valence-electron chi connectivity index (χ0n) is 9.29. The molecule has 0 heterocycles. The van der Waals surface area contributed by atoms with Crippen molar-refractivity contribution in [1.82, 2.24) is 0 Å². The molecule has 0 aromatic rings. The predicted octanol–water partition coefficient (Wildman–Crippen LogP) is 0.834. The number of nitrogens with two attached hydrogens (primary N) is 1. The van der Waals surface area contributed by atoms with Gasteiger partial charge < -0.3 is 15.2 Å². The summed E-state index contributed by atoms with van der Waals surface area (Å²) in [7, 11) is 1.52. The van der Waals surface area contributed by atoms with Gasteiger partial charge in [-0.05, 0) is 20.8 Å². The van der Waals surface area contributed by atoms with Crippen LogP contribution in [0.15, 0.2) is 0 Å². The number of esters is 1. The molecule has 0 bridgehead atoms. The van der Waals surface area contributed by atoms with Crippen LogP contribution >= 0.6 is 0 Å². The van der Waals surface area contributed by atoms with Crippen molar-refractivity contribution in [1.29, 1.82) is 0 Å². The first-order valence-corrected chi connectivity index (χ1v) is 4.83. The summed E-state index contributed by atoms with van der Waals surface area (Å²) in [6.07, 6.45) is 1.11. The van der Waals surface area contributed by atoms with E-state index in [2.05, 4.69) is 0 Å². The van der Waals surface area contributed by atoms with Gasteiger partial charge in [-0.3, -0.25) is 0 Å². The Morgan fingerprint density at radius 2 is 1.93 bits per heavy atom. The standard InChI is InChI=1S/C10H19NO3/c1-9(2,3)14-8(12)10(13-4)5-7(11)6-10/h7H,5-6,11H2,1-4H3. The van der Waals surface area contributed by atoms with E-state index in [4.69, 9.17) is 15.2 Å². The van der Waals surface area contributed by atoms with Crippen LogP contribution in [-0.4, -0.2) is 30.3 Å². The number of methoxy groups -OCH3 is 1. The Labute approximate surface area is 84.7 Å². The lowest BCUT2D eigenvalue weighted by Gasteiger charge is -2.43. The van der Waals surface area contributed by atoms with Gasteiger partial charge >= 0.3 is 5.97 Å². The molecule has 1 fully saturated rings. The fourth-order valence-electron chi connectivity index (χ4n) is 1.58. The van der Waals surface area contributed by atoms with Gasteiger partial charge in [0.15, 0.2) is 5.60 Å². The molecular formula is C10H19NO3. The Balaban J connectivity index is 2.59. The zero-order chi connectivity index (χ0) is 11.0. The molecule has 82 valence electrons. The van der Waals surface area contributed by atoms with Crippen LogP contribution in [0.4, 0.5) is 0 Å². The highest BCUT2D eigenvalue weighted by molar-refractivity contribution is 5.81. The molecule has 0 aromatic carbocycles. The second kappa shape index (κ2) is 3.51. The molecular weight excluding hydrogens is 182 g/mol. The lowest BCUT2D eigenvalue weighted by Crippen LogP contribution is -2.59. The Morgan fingerprint density at radius 1 is 1.43 bits per heavy atom. The first-order valence-electron chi connectivity index (χ1n) is 4.83. The van der Waals surface area contributed by atoms with E-state index in [1.165, 1.54) is 7.11 Å². The maximum absolute atomic E-state index is 11.7. The van der Waals surface area contributed by atoms with E-state index in [0.717, 1.165) is 0 Å². The van der Waals surface area contributed by atoms with Crippen molar-refractivity contribution in [3.05, 3.63) is 0 Å². The summed E-state index contributed by atoms with van der Waals surface area (Å²) in [5.74, 6) is -0.297. The summed E-state index contributed by atoms with van der Waals surface area (Å²) in [5.41, 5.74) is 4.39. The molecule has 0 aliphatic heterocycles. The minimum absolute atomic E-state index is 0.0578. The normalized spacial score (nSPS) is 32.2. The predicted molar refractivity (Wildman–Crippen MR) is 52.8 cm³/mol. The fourth-order valence-corrected chi connectivity index (χ4v) is 1.58. The Kier molecular flexibility index (Phi) is 2.88. The van der Waals surface area contributed by atoms with E-state index in [0.29, 0.717) is 12.8 Å². The maximum Gasteiger partial charge on any atom is 0.339 e. The number of hydrogen-bond donors (Lipinski definition) is 1. The highest BCUT2D eigenvalue weighted by atomic mass is 16.6. The van der Waals surface area contributed by atoms with E-state index in [1.807, 2.05) is 20.8 Å². The van der Waals surface area contributed by atoms with Crippen LogP contribution < -0.4 is 5.73 Å². The second-order valence-electron chi connectivity index (χ2n) is 4.87. The lowest BCUT2D eigenvalue weighted by molar-refractivity contribution is -0.193. The van der Waals surface area contributed by atoms with Gasteiger partial charge in [0, 0.05) is 26.0 Å². The highest BCUT2D eigenvalue weighted by Crippen LogP contribution is 2.36. The van der Waals surface area contributed by atoms with Crippen LogP contribution in [0.5, 0.6) is 0 Å². The minimum atomic E-state index is -0.785. The van der Waals surface area contributed by atoms with Crippen LogP contribution in [-0.2, 0) is 14.3 Å². The largest absolute Gasteiger partial charge is 0.458 e. The smallest absolute Gasteiger partial charge is 0.339 e. The third kappa shape index (κ3) is 2.25. The third-order valence-corrected chi connectivity index (χ3v) is 2.35. The average molecular weight is 201 g/mol. The van der Waals surface area contributed by atoms with Crippen LogP contribution in [0.25, 0.3) is 0 Å². The molecule has 1 saturated carbocycles. The number of ether oxygens (including phenoxy) is 2. The van der Waals surface area contributed by atoms with Crippen LogP contribution in [0.1, 0.15) is 33.6 Å². The first-order chi connectivity index (χ1) is 6.29. The van der Waals surface area contributed by atoms with Gasteiger partial charge in [-0.15, -0.1) is 0 Å². The fraction of sp³-hybridized carbons (Fsp3) is 0.900. The van der Waals surface area contributed by atoms with Gasteiger partial charge in [0.25, 0.3) is 0 Å². The first kappa shape index (κ1) is 11.5. The molecule has 1 aliphatic rings. The number of carbonyl (C=O) groups is 1. The summed E-state index contributed by atoms with van der Waals surface area (Å²) >= 11 is 0. The Morgan fingerprint density at radius 3 is 2.21 bits per heavy atom. The van der Waals surface area contributed by atoms with Crippen molar-refractivity contribution in [2.45, 2.75) is 50.9 Å². The zero-order valence-corrected chi connectivity index (χ0v) is 9.29. The van der Waals surface area contributed by atoms with Crippen molar-refractivity contribution in [3.63, 3.8) is 0 Å². The molecule has 0 radical (unpaired) electrons. The molecule has 0 amide bonds. The number of hydrogen-bond acceptors (Lipinski definition) is 4. The highest BCUT2D eigenvalue weighted by Gasteiger charge is 2.51. The van der Waals surface area contributed by atoms with E-state index < -0.39 is 11.2 Å². The van der Waals surface area contributed by atoms with Crippen LogP contribution in [0, 0.1) is 0 Å². The van der Waals surface area contributed by atoms with Gasteiger partial charge in [-0.2, -0.15) is 0 Å². The van der Waals surface area contributed by atoms with Crippen molar-refractivity contribution in [2.24, 2.45) is 5.73 Å². The molecule has 0 atom stereocenters. The molecule has 0 unspecified atom stereocenters. The third-order valence-electron chi connectivity index (χ3n) is 2.35. The summed E-state index contributed by atoms with van der Waals surface area (Å²) in [5, 5.41) is 0. The molecule has 1 rings (SSSR count). The molecule has 2 N–H and O–H groups in total. The summed E-state index contributed by atoms with van der Waals surface area (Å²) in [6.45, 7) is 5.52. The SMILES string of the molecule is COC1(C(=O)OC(C)(C)C)CC(N)C1. The molecule has 4 heteroatoms. The Hall–Kier alpha value is -0.610. The van der Waals surface area contributed by atoms with E-state index >= 15 is 0 Å².